The second kappa shape index (κ2) is 5.50. The maximum atomic E-state index is 5.79. The minimum atomic E-state index is 0.581. The molecule has 94 valence electrons. The molecule has 1 unspecified atom stereocenters. The highest BCUT2D eigenvalue weighted by Gasteiger charge is 2.23. The SMILES string of the molecule is CCCC1CCN(c2cc(C)ncc2CN)C1. The third kappa shape index (κ3) is 2.78. The summed E-state index contributed by atoms with van der Waals surface area (Å²) < 4.78 is 0. The molecular weight excluding hydrogens is 210 g/mol. The summed E-state index contributed by atoms with van der Waals surface area (Å²) in [5.74, 6) is 0.860. The number of hydrogen-bond donors (Lipinski definition) is 1. The van der Waals surface area contributed by atoms with E-state index in [9.17, 15) is 0 Å². The van der Waals surface area contributed by atoms with Crippen LogP contribution < -0.4 is 10.6 Å². The van der Waals surface area contributed by atoms with Gasteiger partial charge in [-0.2, -0.15) is 0 Å². The van der Waals surface area contributed by atoms with Crippen LogP contribution in [-0.2, 0) is 6.54 Å². The molecule has 3 nitrogen and oxygen atoms in total. The smallest absolute Gasteiger partial charge is 0.0445 e. The predicted octanol–water partition coefficient (Wildman–Crippen LogP) is 2.48. The molecule has 1 fully saturated rings. The summed E-state index contributed by atoms with van der Waals surface area (Å²) in [7, 11) is 0. The first-order valence-corrected chi connectivity index (χ1v) is 6.65. The molecule has 0 bridgehead atoms. The van der Waals surface area contributed by atoms with Gasteiger partial charge in [-0.1, -0.05) is 13.3 Å². The van der Waals surface area contributed by atoms with E-state index in [-0.39, 0.29) is 0 Å². The Morgan fingerprint density at radius 1 is 1.53 bits per heavy atom. The first-order chi connectivity index (χ1) is 8.24. The Hall–Kier alpha value is -1.09. The Bertz CT molecular complexity index is 376. The number of anilines is 1. The Morgan fingerprint density at radius 2 is 2.35 bits per heavy atom. The summed E-state index contributed by atoms with van der Waals surface area (Å²) in [6.07, 6.45) is 5.88. The average Bonchev–Trinajstić information content (AvgIpc) is 2.78. The molecule has 2 heterocycles. The number of aryl methyl sites for hydroxylation is 1. The van der Waals surface area contributed by atoms with E-state index in [1.54, 1.807) is 0 Å². The van der Waals surface area contributed by atoms with Crippen LogP contribution in [0.4, 0.5) is 5.69 Å². The molecule has 1 aromatic rings. The number of hydrogen-bond acceptors (Lipinski definition) is 3. The van der Waals surface area contributed by atoms with Crippen molar-refractivity contribution in [1.29, 1.82) is 0 Å². The second-order valence-electron chi connectivity index (χ2n) is 5.05. The highest BCUT2D eigenvalue weighted by molar-refractivity contribution is 5.54. The second-order valence-corrected chi connectivity index (χ2v) is 5.05. The molecule has 2 rings (SSSR count). The van der Waals surface area contributed by atoms with E-state index in [1.807, 2.05) is 13.1 Å². The molecule has 0 aromatic carbocycles. The van der Waals surface area contributed by atoms with Crippen molar-refractivity contribution < 1.29 is 0 Å². The van der Waals surface area contributed by atoms with Crippen molar-refractivity contribution in [1.82, 2.24) is 4.98 Å². The van der Waals surface area contributed by atoms with Gasteiger partial charge in [-0.3, -0.25) is 4.98 Å². The third-order valence-corrected chi connectivity index (χ3v) is 3.64. The summed E-state index contributed by atoms with van der Waals surface area (Å²) >= 11 is 0. The van der Waals surface area contributed by atoms with Gasteiger partial charge < -0.3 is 10.6 Å². The van der Waals surface area contributed by atoms with Crippen LogP contribution in [0.3, 0.4) is 0 Å². The van der Waals surface area contributed by atoms with Gasteiger partial charge in [0.15, 0.2) is 0 Å². The van der Waals surface area contributed by atoms with Crippen LogP contribution in [0.25, 0.3) is 0 Å². The molecule has 1 aliphatic rings. The van der Waals surface area contributed by atoms with Gasteiger partial charge in [0.05, 0.1) is 0 Å². The van der Waals surface area contributed by atoms with E-state index < -0.39 is 0 Å². The zero-order chi connectivity index (χ0) is 12.3. The minimum Gasteiger partial charge on any atom is -0.371 e. The molecule has 0 aliphatic carbocycles. The number of rotatable bonds is 4. The lowest BCUT2D eigenvalue weighted by Crippen LogP contribution is -2.22. The van der Waals surface area contributed by atoms with Gasteiger partial charge in [0, 0.05) is 42.8 Å². The van der Waals surface area contributed by atoms with Crippen LogP contribution in [0.5, 0.6) is 0 Å². The van der Waals surface area contributed by atoms with Crippen molar-refractivity contribution in [3.05, 3.63) is 23.5 Å². The van der Waals surface area contributed by atoms with E-state index in [2.05, 4.69) is 22.9 Å². The Morgan fingerprint density at radius 3 is 3.06 bits per heavy atom. The molecule has 3 heteroatoms. The first-order valence-electron chi connectivity index (χ1n) is 6.65. The van der Waals surface area contributed by atoms with Gasteiger partial charge in [0.2, 0.25) is 0 Å². The molecule has 1 saturated heterocycles. The van der Waals surface area contributed by atoms with Gasteiger partial charge in [-0.25, -0.2) is 0 Å². The number of nitrogens with two attached hydrogens (primary N) is 1. The first kappa shape index (κ1) is 12.4. The van der Waals surface area contributed by atoms with Crippen molar-refractivity contribution in [3.63, 3.8) is 0 Å². The van der Waals surface area contributed by atoms with Crippen molar-refractivity contribution >= 4 is 5.69 Å². The van der Waals surface area contributed by atoms with Crippen molar-refractivity contribution in [2.24, 2.45) is 11.7 Å². The highest BCUT2D eigenvalue weighted by Crippen LogP contribution is 2.29. The lowest BCUT2D eigenvalue weighted by Gasteiger charge is -2.22. The summed E-state index contributed by atoms with van der Waals surface area (Å²) in [5.41, 5.74) is 9.35. The zero-order valence-corrected chi connectivity index (χ0v) is 10.9. The van der Waals surface area contributed by atoms with Crippen molar-refractivity contribution in [2.45, 2.75) is 39.7 Å². The van der Waals surface area contributed by atoms with Crippen LogP contribution >= 0.6 is 0 Å². The predicted molar refractivity (Wildman–Crippen MR) is 72.1 cm³/mol. The molecule has 0 amide bonds. The fourth-order valence-electron chi connectivity index (χ4n) is 2.72. The lowest BCUT2D eigenvalue weighted by molar-refractivity contribution is 0.529. The standard InChI is InChI=1S/C14H23N3/c1-3-4-12-5-6-17(10-12)14-7-11(2)16-9-13(14)8-15/h7,9,12H,3-6,8,10,15H2,1-2H3. The fourth-order valence-corrected chi connectivity index (χ4v) is 2.72. The summed E-state index contributed by atoms with van der Waals surface area (Å²) in [5, 5.41) is 0. The Labute approximate surface area is 104 Å². The molecule has 0 radical (unpaired) electrons. The van der Waals surface area contributed by atoms with E-state index in [0.29, 0.717) is 6.54 Å². The monoisotopic (exact) mass is 233 g/mol. The van der Waals surface area contributed by atoms with Gasteiger partial charge in [-0.15, -0.1) is 0 Å². The van der Waals surface area contributed by atoms with E-state index in [0.717, 1.165) is 11.6 Å². The van der Waals surface area contributed by atoms with Crippen LogP contribution in [0.1, 0.15) is 37.4 Å². The van der Waals surface area contributed by atoms with Crippen LogP contribution in [0.15, 0.2) is 12.3 Å². The van der Waals surface area contributed by atoms with E-state index >= 15 is 0 Å². The van der Waals surface area contributed by atoms with Crippen LogP contribution in [-0.4, -0.2) is 18.1 Å². The number of pyridine rings is 1. The molecule has 17 heavy (non-hydrogen) atoms. The van der Waals surface area contributed by atoms with Gasteiger partial charge in [0.25, 0.3) is 0 Å². The lowest BCUT2D eigenvalue weighted by atomic mass is 10.0. The number of nitrogens with zero attached hydrogens (tertiary/aromatic N) is 2. The highest BCUT2D eigenvalue weighted by atomic mass is 15.2. The zero-order valence-electron chi connectivity index (χ0n) is 10.9. The van der Waals surface area contributed by atoms with Gasteiger partial charge >= 0.3 is 0 Å². The van der Waals surface area contributed by atoms with Gasteiger partial charge in [0.1, 0.15) is 0 Å². The molecule has 1 aromatic heterocycles. The molecule has 0 saturated carbocycles. The summed E-state index contributed by atoms with van der Waals surface area (Å²) in [4.78, 5) is 6.81. The maximum absolute atomic E-state index is 5.79. The Balaban J connectivity index is 2.14. The maximum Gasteiger partial charge on any atom is 0.0445 e. The Kier molecular flexibility index (Phi) is 4.00. The van der Waals surface area contributed by atoms with E-state index in [1.165, 1.54) is 43.6 Å². The molecule has 0 spiro atoms. The molecule has 1 aliphatic heterocycles. The third-order valence-electron chi connectivity index (χ3n) is 3.64. The fraction of sp³-hybridized carbons (Fsp3) is 0.643. The van der Waals surface area contributed by atoms with Crippen molar-refractivity contribution in [2.75, 3.05) is 18.0 Å². The van der Waals surface area contributed by atoms with Crippen LogP contribution in [0.2, 0.25) is 0 Å². The van der Waals surface area contributed by atoms with Gasteiger partial charge in [-0.05, 0) is 31.7 Å². The van der Waals surface area contributed by atoms with Crippen molar-refractivity contribution in [3.8, 4) is 0 Å². The molecular formula is C14H23N3. The minimum absolute atomic E-state index is 0.581. The molecule has 1 atom stereocenters. The van der Waals surface area contributed by atoms with Crippen LogP contribution in [0, 0.1) is 12.8 Å². The summed E-state index contributed by atoms with van der Waals surface area (Å²) in [6, 6.07) is 2.18. The number of aromatic nitrogens is 1. The average molecular weight is 233 g/mol. The quantitative estimate of drug-likeness (QED) is 0.868. The summed E-state index contributed by atoms with van der Waals surface area (Å²) in [6.45, 7) is 7.25. The molecule has 2 N–H and O–H groups in total. The van der Waals surface area contributed by atoms with E-state index in [4.69, 9.17) is 5.73 Å². The normalized spacial score (nSPS) is 19.9. The largest absolute Gasteiger partial charge is 0.371 e. The topological polar surface area (TPSA) is 42.2 Å².